The van der Waals surface area contributed by atoms with E-state index in [9.17, 15) is 4.79 Å². The Kier molecular flexibility index (Phi) is 4.98. The standard InChI is InChI=1S/C15H18Cl2N4O/c16-11-6-5-9(7-12(11)17)8-18-21-15(22)14-10-3-1-2-4-13(10)19-20-14/h5-8,10,13-14,19-20H,1-4H2,(H,21,22)/b18-8-. The molecule has 0 spiro atoms. The number of hydrogen-bond acceptors (Lipinski definition) is 4. The number of hydrogen-bond donors (Lipinski definition) is 3. The average Bonchev–Trinajstić information content (AvgIpc) is 2.95. The molecule has 1 aliphatic heterocycles. The van der Waals surface area contributed by atoms with Crippen molar-refractivity contribution in [3.8, 4) is 0 Å². The molecule has 3 rings (SSSR count). The molecule has 1 aromatic carbocycles. The zero-order chi connectivity index (χ0) is 15.5. The average molecular weight is 341 g/mol. The molecule has 118 valence electrons. The van der Waals surface area contributed by atoms with Gasteiger partial charge >= 0.3 is 0 Å². The molecule has 3 N–H and O–H groups in total. The van der Waals surface area contributed by atoms with Gasteiger partial charge in [-0.3, -0.25) is 10.2 Å². The van der Waals surface area contributed by atoms with Gasteiger partial charge in [-0.05, 0) is 30.5 Å². The SMILES string of the molecule is O=C(N/N=C\c1ccc(Cl)c(Cl)c1)C1NNC2CCCCC21. The van der Waals surface area contributed by atoms with E-state index in [0.29, 0.717) is 22.0 Å². The van der Waals surface area contributed by atoms with Gasteiger partial charge in [0.2, 0.25) is 0 Å². The summed E-state index contributed by atoms with van der Waals surface area (Å²) >= 11 is 11.8. The predicted octanol–water partition coefficient (Wildman–Crippen LogP) is 2.48. The van der Waals surface area contributed by atoms with Crippen molar-refractivity contribution in [2.45, 2.75) is 37.8 Å². The van der Waals surface area contributed by atoms with Crippen LogP contribution in [0.15, 0.2) is 23.3 Å². The molecule has 7 heteroatoms. The van der Waals surface area contributed by atoms with Crippen molar-refractivity contribution in [3.05, 3.63) is 33.8 Å². The number of hydrazine groups is 1. The lowest BCUT2D eigenvalue weighted by molar-refractivity contribution is -0.123. The third-order valence-electron chi connectivity index (χ3n) is 4.29. The summed E-state index contributed by atoms with van der Waals surface area (Å²) in [6.07, 6.45) is 6.15. The van der Waals surface area contributed by atoms with Crippen LogP contribution in [0.25, 0.3) is 0 Å². The first kappa shape index (κ1) is 15.7. The maximum atomic E-state index is 12.2. The summed E-state index contributed by atoms with van der Waals surface area (Å²) in [6.45, 7) is 0. The van der Waals surface area contributed by atoms with Crippen molar-refractivity contribution in [1.82, 2.24) is 16.3 Å². The first-order valence-corrected chi connectivity index (χ1v) is 8.20. The van der Waals surface area contributed by atoms with Gasteiger partial charge in [0.15, 0.2) is 0 Å². The van der Waals surface area contributed by atoms with Crippen molar-refractivity contribution in [2.24, 2.45) is 11.0 Å². The van der Waals surface area contributed by atoms with Crippen LogP contribution in [0.2, 0.25) is 10.0 Å². The summed E-state index contributed by atoms with van der Waals surface area (Å²) in [4.78, 5) is 12.2. The van der Waals surface area contributed by atoms with Crippen LogP contribution < -0.4 is 16.3 Å². The lowest BCUT2D eigenvalue weighted by atomic mass is 9.81. The lowest BCUT2D eigenvalue weighted by Crippen LogP contribution is -2.44. The normalized spacial score (nSPS) is 27.8. The number of rotatable bonds is 3. The zero-order valence-corrected chi connectivity index (χ0v) is 13.5. The van der Waals surface area contributed by atoms with Gasteiger partial charge < -0.3 is 0 Å². The molecule has 1 saturated carbocycles. The molecule has 1 aliphatic carbocycles. The molecule has 3 unspecified atom stereocenters. The Morgan fingerprint density at radius 2 is 2.05 bits per heavy atom. The Hall–Kier alpha value is -1.14. The van der Waals surface area contributed by atoms with Crippen molar-refractivity contribution in [3.63, 3.8) is 0 Å². The molecule has 1 saturated heterocycles. The van der Waals surface area contributed by atoms with E-state index in [4.69, 9.17) is 23.2 Å². The van der Waals surface area contributed by atoms with Crippen LogP contribution >= 0.6 is 23.2 Å². The number of fused-ring (bicyclic) bond motifs is 1. The maximum Gasteiger partial charge on any atom is 0.258 e. The van der Waals surface area contributed by atoms with Crippen LogP contribution in [0, 0.1) is 5.92 Å². The minimum absolute atomic E-state index is 0.113. The molecule has 1 amide bonds. The van der Waals surface area contributed by atoms with Crippen LogP contribution in [0.5, 0.6) is 0 Å². The van der Waals surface area contributed by atoms with Gasteiger partial charge in [-0.2, -0.15) is 5.10 Å². The fourth-order valence-electron chi connectivity index (χ4n) is 3.13. The number of halogens is 2. The monoisotopic (exact) mass is 340 g/mol. The summed E-state index contributed by atoms with van der Waals surface area (Å²) in [5.74, 6) is 0.229. The highest BCUT2D eigenvalue weighted by atomic mass is 35.5. The van der Waals surface area contributed by atoms with Crippen molar-refractivity contribution < 1.29 is 4.79 Å². The molecule has 1 heterocycles. The fraction of sp³-hybridized carbons (Fsp3) is 0.467. The molecule has 0 radical (unpaired) electrons. The quantitative estimate of drug-likeness (QED) is 0.585. The summed E-state index contributed by atoms with van der Waals surface area (Å²) in [6, 6.07) is 5.35. The smallest absolute Gasteiger partial charge is 0.258 e. The van der Waals surface area contributed by atoms with E-state index in [1.807, 2.05) is 0 Å². The first-order valence-electron chi connectivity index (χ1n) is 7.44. The van der Waals surface area contributed by atoms with E-state index >= 15 is 0 Å². The van der Waals surface area contributed by atoms with Gasteiger partial charge in [-0.1, -0.05) is 42.1 Å². The molecule has 5 nitrogen and oxygen atoms in total. The number of carbonyl (C=O) groups is 1. The second-order valence-corrected chi connectivity index (χ2v) is 6.54. The van der Waals surface area contributed by atoms with E-state index in [1.165, 1.54) is 12.8 Å². The van der Waals surface area contributed by atoms with Gasteiger partial charge in [0, 0.05) is 12.0 Å². The number of nitrogens with one attached hydrogen (secondary N) is 3. The number of nitrogens with zero attached hydrogens (tertiary/aromatic N) is 1. The number of benzene rings is 1. The van der Waals surface area contributed by atoms with Gasteiger partial charge in [-0.25, -0.2) is 10.9 Å². The minimum Gasteiger partial charge on any atom is -0.271 e. The van der Waals surface area contributed by atoms with Crippen molar-refractivity contribution in [2.75, 3.05) is 0 Å². The van der Waals surface area contributed by atoms with Gasteiger partial charge in [0.25, 0.3) is 5.91 Å². The van der Waals surface area contributed by atoms with E-state index < -0.39 is 0 Å². The van der Waals surface area contributed by atoms with E-state index in [0.717, 1.165) is 18.4 Å². The largest absolute Gasteiger partial charge is 0.271 e. The highest BCUT2D eigenvalue weighted by molar-refractivity contribution is 6.42. The molecule has 22 heavy (non-hydrogen) atoms. The number of carbonyl (C=O) groups excluding carboxylic acids is 1. The maximum absolute atomic E-state index is 12.2. The highest BCUT2D eigenvalue weighted by Crippen LogP contribution is 2.30. The summed E-state index contributed by atoms with van der Waals surface area (Å²) < 4.78 is 0. The first-order chi connectivity index (χ1) is 10.6. The van der Waals surface area contributed by atoms with Crippen LogP contribution in [0.4, 0.5) is 0 Å². The molecule has 0 bridgehead atoms. The zero-order valence-electron chi connectivity index (χ0n) is 12.0. The molecule has 0 aromatic heterocycles. The van der Waals surface area contributed by atoms with Gasteiger partial charge in [0.05, 0.1) is 16.3 Å². The molecule has 2 fully saturated rings. The van der Waals surface area contributed by atoms with Gasteiger partial charge in [-0.15, -0.1) is 0 Å². The molecular formula is C15H18Cl2N4O. The second-order valence-electron chi connectivity index (χ2n) is 5.73. The second kappa shape index (κ2) is 6.96. The van der Waals surface area contributed by atoms with E-state index in [1.54, 1.807) is 24.4 Å². The Morgan fingerprint density at radius 3 is 2.86 bits per heavy atom. The van der Waals surface area contributed by atoms with Crippen LogP contribution in [0.1, 0.15) is 31.2 Å². The lowest BCUT2D eigenvalue weighted by Gasteiger charge is -2.26. The van der Waals surface area contributed by atoms with Crippen LogP contribution in [-0.2, 0) is 4.79 Å². The topological polar surface area (TPSA) is 65.5 Å². The molecule has 2 aliphatic rings. The Morgan fingerprint density at radius 1 is 1.23 bits per heavy atom. The summed E-state index contributed by atoms with van der Waals surface area (Å²) in [5, 5.41) is 4.96. The number of hydrazone groups is 1. The fourth-order valence-corrected chi connectivity index (χ4v) is 3.44. The molecule has 1 aromatic rings. The third kappa shape index (κ3) is 3.43. The Labute approximate surface area is 139 Å². The summed E-state index contributed by atoms with van der Waals surface area (Å²) in [5.41, 5.74) is 9.68. The van der Waals surface area contributed by atoms with Crippen LogP contribution in [0.3, 0.4) is 0 Å². The Balaban J connectivity index is 1.57. The Bertz CT molecular complexity index is 593. The third-order valence-corrected chi connectivity index (χ3v) is 5.03. The summed E-state index contributed by atoms with van der Waals surface area (Å²) in [7, 11) is 0. The van der Waals surface area contributed by atoms with Crippen LogP contribution in [-0.4, -0.2) is 24.2 Å². The molecular weight excluding hydrogens is 323 g/mol. The van der Waals surface area contributed by atoms with E-state index in [-0.39, 0.29) is 11.9 Å². The predicted molar refractivity (Wildman–Crippen MR) is 88.0 cm³/mol. The van der Waals surface area contributed by atoms with Crippen molar-refractivity contribution in [1.29, 1.82) is 0 Å². The minimum atomic E-state index is -0.226. The van der Waals surface area contributed by atoms with Gasteiger partial charge in [0.1, 0.15) is 6.04 Å². The van der Waals surface area contributed by atoms with E-state index in [2.05, 4.69) is 21.4 Å². The molecule has 3 atom stereocenters. The van der Waals surface area contributed by atoms with Crippen molar-refractivity contribution >= 4 is 35.3 Å². The highest BCUT2D eigenvalue weighted by Gasteiger charge is 2.40. The number of amides is 1.